The molecule has 0 saturated heterocycles. The number of nitrogens with zero attached hydrogens (tertiary/aromatic N) is 1. The summed E-state index contributed by atoms with van der Waals surface area (Å²) in [6.45, 7) is 5.23. The fourth-order valence-electron chi connectivity index (χ4n) is 1.94. The average Bonchev–Trinajstić information content (AvgIpc) is 2.28. The van der Waals surface area contributed by atoms with E-state index in [2.05, 4.69) is 35.5 Å². The molecule has 17 heavy (non-hydrogen) atoms. The Morgan fingerprint density at radius 1 is 1.41 bits per heavy atom. The topological polar surface area (TPSA) is 36.4 Å². The van der Waals surface area contributed by atoms with Crippen LogP contribution in [0.15, 0.2) is 16.6 Å². The van der Waals surface area contributed by atoms with E-state index in [1.54, 1.807) is 5.57 Å². The van der Waals surface area contributed by atoms with E-state index in [-0.39, 0.29) is 24.0 Å². The summed E-state index contributed by atoms with van der Waals surface area (Å²) in [7, 11) is 1.82. The largest absolute Gasteiger partial charge is 0.356 e. The van der Waals surface area contributed by atoms with Gasteiger partial charge in [-0.2, -0.15) is 0 Å². The molecule has 0 radical (unpaired) electrons. The van der Waals surface area contributed by atoms with Gasteiger partial charge in [-0.05, 0) is 46.0 Å². The van der Waals surface area contributed by atoms with Gasteiger partial charge in [0.2, 0.25) is 0 Å². The second kappa shape index (κ2) is 9.74. The number of halogens is 1. The van der Waals surface area contributed by atoms with Crippen LogP contribution < -0.4 is 10.6 Å². The van der Waals surface area contributed by atoms with Crippen LogP contribution in [0.2, 0.25) is 0 Å². The number of hydrogen-bond acceptors (Lipinski definition) is 1. The van der Waals surface area contributed by atoms with E-state index in [0.29, 0.717) is 6.04 Å². The molecule has 100 valence electrons. The molecule has 0 aromatic rings. The van der Waals surface area contributed by atoms with Crippen molar-refractivity contribution in [1.29, 1.82) is 0 Å². The molecule has 0 atom stereocenters. The van der Waals surface area contributed by atoms with Gasteiger partial charge in [0, 0.05) is 19.6 Å². The number of allylic oxidation sites excluding steroid dienone is 1. The molecule has 1 rings (SSSR count). The Balaban J connectivity index is 0.00000256. The van der Waals surface area contributed by atoms with Crippen molar-refractivity contribution in [3.63, 3.8) is 0 Å². The van der Waals surface area contributed by atoms with E-state index < -0.39 is 0 Å². The Labute approximate surface area is 123 Å². The first kappa shape index (κ1) is 16.7. The highest BCUT2D eigenvalue weighted by molar-refractivity contribution is 14.0. The Bertz CT molecular complexity index is 259. The van der Waals surface area contributed by atoms with Crippen LogP contribution in [-0.4, -0.2) is 25.6 Å². The van der Waals surface area contributed by atoms with Gasteiger partial charge in [-0.1, -0.05) is 11.6 Å². The molecule has 0 unspecified atom stereocenters. The third-order valence-electron chi connectivity index (χ3n) is 2.77. The van der Waals surface area contributed by atoms with Gasteiger partial charge < -0.3 is 10.6 Å². The van der Waals surface area contributed by atoms with Gasteiger partial charge in [0.15, 0.2) is 5.96 Å². The van der Waals surface area contributed by atoms with Crippen molar-refractivity contribution in [1.82, 2.24) is 10.6 Å². The Morgan fingerprint density at radius 2 is 2.18 bits per heavy atom. The fraction of sp³-hybridized carbons (Fsp3) is 0.769. The zero-order chi connectivity index (χ0) is 11.8. The summed E-state index contributed by atoms with van der Waals surface area (Å²) in [5.41, 5.74) is 1.61. The van der Waals surface area contributed by atoms with Crippen molar-refractivity contribution in [2.24, 2.45) is 4.99 Å². The molecule has 2 N–H and O–H groups in total. The molecular formula is C13H26IN3. The summed E-state index contributed by atoms with van der Waals surface area (Å²) in [6, 6.07) is 0.431. The zero-order valence-electron chi connectivity index (χ0n) is 11.3. The molecule has 1 aliphatic carbocycles. The molecule has 0 fully saturated rings. The quantitative estimate of drug-likeness (QED) is 0.354. The molecule has 0 aromatic carbocycles. The van der Waals surface area contributed by atoms with E-state index in [4.69, 9.17) is 0 Å². The number of rotatable bonds is 4. The van der Waals surface area contributed by atoms with E-state index >= 15 is 0 Å². The van der Waals surface area contributed by atoms with Crippen LogP contribution in [0, 0.1) is 0 Å². The SMILES string of the molecule is CN=C(NCCC1=CCCCC1)NC(C)C.I. The molecule has 0 aliphatic heterocycles. The summed E-state index contributed by atoms with van der Waals surface area (Å²) < 4.78 is 0. The smallest absolute Gasteiger partial charge is 0.191 e. The molecule has 0 spiro atoms. The monoisotopic (exact) mass is 351 g/mol. The molecule has 3 nitrogen and oxygen atoms in total. The molecule has 0 bridgehead atoms. The number of guanidine groups is 1. The maximum absolute atomic E-state index is 4.19. The molecule has 0 heterocycles. The maximum atomic E-state index is 4.19. The standard InChI is InChI=1S/C13H25N3.HI/c1-11(2)16-13(14-3)15-10-9-12-7-5-4-6-8-12;/h7,11H,4-6,8-10H2,1-3H3,(H2,14,15,16);1H. The molecule has 0 saturated carbocycles. The van der Waals surface area contributed by atoms with E-state index in [9.17, 15) is 0 Å². The van der Waals surface area contributed by atoms with Gasteiger partial charge in [0.05, 0.1) is 0 Å². The predicted molar refractivity (Wildman–Crippen MR) is 86.2 cm³/mol. The maximum Gasteiger partial charge on any atom is 0.191 e. The van der Waals surface area contributed by atoms with Crippen molar-refractivity contribution in [3.8, 4) is 0 Å². The fourth-order valence-corrected chi connectivity index (χ4v) is 1.94. The minimum atomic E-state index is 0. The third-order valence-corrected chi connectivity index (χ3v) is 2.77. The third kappa shape index (κ3) is 7.63. The van der Waals surface area contributed by atoms with Crippen molar-refractivity contribution in [3.05, 3.63) is 11.6 Å². The summed E-state index contributed by atoms with van der Waals surface area (Å²) in [5.74, 6) is 0.909. The Hall–Kier alpha value is -0.260. The molecule has 0 amide bonds. The molecule has 4 heteroatoms. The van der Waals surface area contributed by atoms with Gasteiger partial charge in [-0.3, -0.25) is 4.99 Å². The van der Waals surface area contributed by atoms with Gasteiger partial charge in [0.1, 0.15) is 0 Å². The van der Waals surface area contributed by atoms with Gasteiger partial charge in [-0.15, -0.1) is 24.0 Å². The van der Waals surface area contributed by atoms with Crippen LogP contribution in [-0.2, 0) is 0 Å². The first-order valence-electron chi connectivity index (χ1n) is 6.37. The zero-order valence-corrected chi connectivity index (χ0v) is 13.6. The second-order valence-corrected chi connectivity index (χ2v) is 4.66. The van der Waals surface area contributed by atoms with Gasteiger partial charge in [-0.25, -0.2) is 0 Å². The van der Waals surface area contributed by atoms with Crippen molar-refractivity contribution in [2.45, 2.75) is 52.0 Å². The van der Waals surface area contributed by atoms with Gasteiger partial charge >= 0.3 is 0 Å². The van der Waals surface area contributed by atoms with Crippen molar-refractivity contribution >= 4 is 29.9 Å². The highest BCUT2D eigenvalue weighted by Crippen LogP contribution is 2.19. The van der Waals surface area contributed by atoms with Crippen LogP contribution in [0.4, 0.5) is 0 Å². The van der Waals surface area contributed by atoms with Crippen molar-refractivity contribution in [2.75, 3.05) is 13.6 Å². The average molecular weight is 351 g/mol. The van der Waals surface area contributed by atoms with E-state index in [0.717, 1.165) is 18.9 Å². The van der Waals surface area contributed by atoms with Gasteiger partial charge in [0.25, 0.3) is 0 Å². The normalized spacial score (nSPS) is 16.2. The highest BCUT2D eigenvalue weighted by atomic mass is 127. The lowest BCUT2D eigenvalue weighted by Crippen LogP contribution is -2.41. The lowest BCUT2D eigenvalue weighted by molar-refractivity contribution is 0.658. The molecule has 0 aromatic heterocycles. The molecular weight excluding hydrogens is 325 g/mol. The van der Waals surface area contributed by atoms with Crippen molar-refractivity contribution < 1.29 is 0 Å². The molecule has 1 aliphatic rings. The summed E-state index contributed by atoms with van der Waals surface area (Å²) in [6.07, 6.45) is 8.85. The van der Waals surface area contributed by atoms with E-state index in [1.807, 2.05) is 7.05 Å². The minimum absolute atomic E-state index is 0. The predicted octanol–water partition coefficient (Wildman–Crippen LogP) is 3.07. The lowest BCUT2D eigenvalue weighted by atomic mass is 9.97. The summed E-state index contributed by atoms with van der Waals surface area (Å²) >= 11 is 0. The van der Waals surface area contributed by atoms with Crippen LogP contribution in [0.3, 0.4) is 0 Å². The first-order chi connectivity index (χ1) is 7.72. The highest BCUT2D eigenvalue weighted by Gasteiger charge is 2.04. The number of nitrogens with one attached hydrogen (secondary N) is 2. The Morgan fingerprint density at radius 3 is 2.71 bits per heavy atom. The first-order valence-corrected chi connectivity index (χ1v) is 6.37. The van der Waals surface area contributed by atoms with Crippen LogP contribution in [0.25, 0.3) is 0 Å². The summed E-state index contributed by atoms with van der Waals surface area (Å²) in [5, 5.41) is 6.63. The number of hydrogen-bond donors (Lipinski definition) is 2. The summed E-state index contributed by atoms with van der Waals surface area (Å²) in [4.78, 5) is 4.19. The van der Waals surface area contributed by atoms with Crippen LogP contribution in [0.5, 0.6) is 0 Å². The lowest BCUT2D eigenvalue weighted by Gasteiger charge is -2.16. The second-order valence-electron chi connectivity index (χ2n) is 4.66. The van der Waals surface area contributed by atoms with Crippen LogP contribution >= 0.6 is 24.0 Å². The van der Waals surface area contributed by atoms with E-state index in [1.165, 1.54) is 25.7 Å². The Kier molecular flexibility index (Phi) is 9.59. The number of aliphatic imine (C=N–C) groups is 1. The van der Waals surface area contributed by atoms with Crippen LogP contribution in [0.1, 0.15) is 46.0 Å². The minimum Gasteiger partial charge on any atom is -0.356 e.